The predicted molar refractivity (Wildman–Crippen MR) is 72.2 cm³/mol. The van der Waals surface area contributed by atoms with Crippen LogP contribution in [-0.2, 0) is 14.3 Å². The molecule has 102 valence electrons. The lowest BCUT2D eigenvalue weighted by Gasteiger charge is -2.21. The Morgan fingerprint density at radius 3 is 2.79 bits per heavy atom. The van der Waals surface area contributed by atoms with Crippen molar-refractivity contribution >= 4 is 23.8 Å². The number of amides is 1. The third-order valence-corrected chi connectivity index (χ3v) is 3.95. The Labute approximate surface area is 116 Å². The van der Waals surface area contributed by atoms with Gasteiger partial charge in [-0.2, -0.15) is 0 Å². The third-order valence-electron chi connectivity index (χ3n) is 2.80. The maximum absolute atomic E-state index is 11.9. The van der Waals surface area contributed by atoms with Crippen LogP contribution in [0.4, 0.5) is 0 Å². The van der Waals surface area contributed by atoms with Gasteiger partial charge in [-0.1, -0.05) is 18.2 Å². The Balaban J connectivity index is 1.93. The van der Waals surface area contributed by atoms with Crippen LogP contribution in [0.3, 0.4) is 0 Å². The minimum absolute atomic E-state index is 0.301. The fourth-order valence-electron chi connectivity index (χ4n) is 1.94. The van der Waals surface area contributed by atoms with Gasteiger partial charge in [0.15, 0.2) is 6.61 Å². The summed E-state index contributed by atoms with van der Waals surface area (Å²) in [5.41, 5.74) is 4.96. The predicted octanol–water partition coefficient (Wildman–Crippen LogP) is 1.19. The highest BCUT2D eigenvalue weighted by Crippen LogP contribution is 2.31. The molecule has 0 aliphatic carbocycles. The zero-order chi connectivity index (χ0) is 13.7. The Morgan fingerprint density at radius 2 is 2.11 bits per heavy atom. The standard InChI is InChI=1S/C13H16N2O3S/c14-12(16)9-18-13(17)11-7-4-8-15(11)19-10-5-2-1-3-6-10/h1-3,5-6,11H,4,7-9H2,(H2,14,16). The van der Waals surface area contributed by atoms with Crippen LogP contribution in [0.25, 0.3) is 0 Å². The first-order chi connectivity index (χ1) is 9.16. The second-order valence-corrected chi connectivity index (χ2v) is 5.40. The van der Waals surface area contributed by atoms with Crippen LogP contribution < -0.4 is 5.73 Å². The second kappa shape index (κ2) is 6.58. The molecule has 0 spiro atoms. The number of carbonyl (C=O) groups is 2. The van der Waals surface area contributed by atoms with E-state index in [1.165, 1.54) is 11.9 Å². The van der Waals surface area contributed by atoms with Gasteiger partial charge in [0.1, 0.15) is 6.04 Å². The maximum Gasteiger partial charge on any atom is 0.324 e. The quantitative estimate of drug-likeness (QED) is 0.648. The van der Waals surface area contributed by atoms with Crippen LogP contribution >= 0.6 is 11.9 Å². The molecular formula is C13H16N2O3S. The Kier molecular flexibility index (Phi) is 4.81. The van der Waals surface area contributed by atoms with Gasteiger partial charge < -0.3 is 10.5 Å². The number of nitrogens with zero attached hydrogens (tertiary/aromatic N) is 1. The van der Waals surface area contributed by atoms with E-state index in [9.17, 15) is 9.59 Å². The maximum atomic E-state index is 11.9. The summed E-state index contributed by atoms with van der Waals surface area (Å²) >= 11 is 1.54. The Morgan fingerprint density at radius 1 is 1.37 bits per heavy atom. The number of carbonyl (C=O) groups excluding carboxylic acids is 2. The summed E-state index contributed by atoms with van der Waals surface area (Å²) in [6, 6.07) is 9.55. The second-order valence-electron chi connectivity index (χ2n) is 4.28. The molecule has 1 unspecified atom stereocenters. The zero-order valence-electron chi connectivity index (χ0n) is 10.5. The highest BCUT2D eigenvalue weighted by Gasteiger charge is 2.32. The third kappa shape index (κ3) is 3.97. The van der Waals surface area contributed by atoms with Crippen molar-refractivity contribution in [3.05, 3.63) is 30.3 Å². The highest BCUT2D eigenvalue weighted by atomic mass is 32.2. The summed E-state index contributed by atoms with van der Waals surface area (Å²) < 4.78 is 6.89. The van der Waals surface area contributed by atoms with E-state index in [0.29, 0.717) is 0 Å². The normalized spacial score (nSPS) is 19.3. The van der Waals surface area contributed by atoms with Crippen molar-refractivity contribution in [3.63, 3.8) is 0 Å². The van der Waals surface area contributed by atoms with E-state index in [1.54, 1.807) is 0 Å². The van der Waals surface area contributed by atoms with Gasteiger partial charge in [0.05, 0.1) is 0 Å². The van der Waals surface area contributed by atoms with Crippen LogP contribution in [0.15, 0.2) is 35.2 Å². The van der Waals surface area contributed by atoms with Gasteiger partial charge in [-0.3, -0.25) is 9.59 Å². The average Bonchev–Trinajstić information content (AvgIpc) is 2.85. The van der Waals surface area contributed by atoms with Gasteiger partial charge in [0, 0.05) is 11.4 Å². The number of ether oxygens (including phenoxy) is 1. The molecule has 1 amide bonds. The molecule has 1 aromatic rings. The van der Waals surface area contributed by atoms with Gasteiger partial charge in [0.25, 0.3) is 5.91 Å². The summed E-state index contributed by atoms with van der Waals surface area (Å²) in [7, 11) is 0. The van der Waals surface area contributed by atoms with Crippen molar-refractivity contribution in [3.8, 4) is 0 Å². The van der Waals surface area contributed by atoms with E-state index in [2.05, 4.69) is 0 Å². The molecule has 1 saturated heterocycles. The fourth-order valence-corrected chi connectivity index (χ4v) is 3.03. The molecule has 1 aliphatic rings. The molecule has 6 heteroatoms. The lowest BCUT2D eigenvalue weighted by Crippen LogP contribution is -2.34. The number of hydrogen-bond donors (Lipinski definition) is 1. The summed E-state index contributed by atoms with van der Waals surface area (Å²) in [6.45, 7) is 0.481. The van der Waals surface area contributed by atoms with Gasteiger partial charge in [-0.15, -0.1) is 0 Å². The van der Waals surface area contributed by atoms with Crippen molar-refractivity contribution in [2.75, 3.05) is 13.2 Å². The fraction of sp³-hybridized carbons (Fsp3) is 0.385. The van der Waals surface area contributed by atoms with E-state index in [0.717, 1.165) is 24.3 Å². The number of hydrogen-bond acceptors (Lipinski definition) is 5. The lowest BCUT2D eigenvalue weighted by molar-refractivity contribution is -0.150. The van der Waals surface area contributed by atoms with E-state index in [-0.39, 0.29) is 18.6 Å². The molecule has 1 fully saturated rings. The van der Waals surface area contributed by atoms with Crippen molar-refractivity contribution < 1.29 is 14.3 Å². The molecule has 2 N–H and O–H groups in total. The number of benzene rings is 1. The van der Waals surface area contributed by atoms with Crippen LogP contribution in [-0.4, -0.2) is 35.4 Å². The van der Waals surface area contributed by atoms with Crippen LogP contribution in [0.2, 0.25) is 0 Å². The molecule has 0 bridgehead atoms. The Bertz CT molecular complexity index is 452. The van der Waals surface area contributed by atoms with Crippen molar-refractivity contribution in [1.29, 1.82) is 0 Å². The van der Waals surface area contributed by atoms with E-state index >= 15 is 0 Å². The first kappa shape index (κ1) is 13.9. The molecule has 0 aromatic heterocycles. The number of primary amides is 1. The van der Waals surface area contributed by atoms with E-state index in [1.807, 2.05) is 34.6 Å². The largest absolute Gasteiger partial charge is 0.454 e. The summed E-state index contributed by atoms with van der Waals surface area (Å²) in [4.78, 5) is 23.6. The first-order valence-electron chi connectivity index (χ1n) is 6.11. The molecule has 0 saturated carbocycles. The van der Waals surface area contributed by atoms with E-state index < -0.39 is 5.91 Å². The first-order valence-corrected chi connectivity index (χ1v) is 6.89. The van der Waals surface area contributed by atoms with Gasteiger partial charge >= 0.3 is 5.97 Å². The molecule has 19 heavy (non-hydrogen) atoms. The highest BCUT2D eigenvalue weighted by molar-refractivity contribution is 7.97. The topological polar surface area (TPSA) is 72.6 Å². The molecule has 1 heterocycles. The summed E-state index contributed by atoms with van der Waals surface area (Å²) in [6.07, 6.45) is 1.69. The number of rotatable bonds is 5. The van der Waals surface area contributed by atoms with E-state index in [4.69, 9.17) is 10.5 Å². The van der Waals surface area contributed by atoms with Gasteiger partial charge in [0.2, 0.25) is 0 Å². The zero-order valence-corrected chi connectivity index (χ0v) is 11.3. The average molecular weight is 280 g/mol. The molecule has 2 rings (SSSR count). The van der Waals surface area contributed by atoms with Crippen LogP contribution in [0, 0.1) is 0 Å². The van der Waals surface area contributed by atoms with Crippen molar-refractivity contribution in [2.24, 2.45) is 5.73 Å². The lowest BCUT2D eigenvalue weighted by atomic mass is 10.2. The molecular weight excluding hydrogens is 264 g/mol. The molecule has 1 aromatic carbocycles. The minimum atomic E-state index is -0.631. The van der Waals surface area contributed by atoms with Crippen LogP contribution in [0.1, 0.15) is 12.8 Å². The molecule has 1 atom stereocenters. The smallest absolute Gasteiger partial charge is 0.324 e. The number of esters is 1. The Hall–Kier alpha value is -1.53. The minimum Gasteiger partial charge on any atom is -0.454 e. The molecule has 1 aliphatic heterocycles. The summed E-state index contributed by atoms with van der Waals surface area (Å²) in [5.74, 6) is -1.01. The van der Waals surface area contributed by atoms with Crippen molar-refractivity contribution in [2.45, 2.75) is 23.8 Å². The summed E-state index contributed by atoms with van der Waals surface area (Å²) in [5, 5.41) is 0. The van der Waals surface area contributed by atoms with Gasteiger partial charge in [-0.05, 0) is 36.9 Å². The van der Waals surface area contributed by atoms with Gasteiger partial charge in [-0.25, -0.2) is 4.31 Å². The SMILES string of the molecule is NC(=O)COC(=O)C1CCCN1Sc1ccccc1. The monoisotopic (exact) mass is 280 g/mol. The molecule has 5 nitrogen and oxygen atoms in total. The van der Waals surface area contributed by atoms with Crippen molar-refractivity contribution in [1.82, 2.24) is 4.31 Å². The molecule has 0 radical (unpaired) electrons. The van der Waals surface area contributed by atoms with Crippen LogP contribution in [0.5, 0.6) is 0 Å². The number of nitrogens with two attached hydrogens (primary N) is 1.